The van der Waals surface area contributed by atoms with E-state index in [4.69, 9.17) is 4.74 Å². The molecule has 168 valence electrons. The first kappa shape index (κ1) is 22.1. The number of nitrogens with zero attached hydrogens (tertiary/aromatic N) is 1. The number of carbonyl (C=O) groups excluding carboxylic acids is 3. The molecule has 0 aliphatic carbocycles. The Hall–Kier alpha value is -3.13. The van der Waals surface area contributed by atoms with Crippen LogP contribution in [0.1, 0.15) is 38.3 Å². The molecular formula is C24H24F2N2O4. The van der Waals surface area contributed by atoms with E-state index >= 15 is 0 Å². The molecule has 8 heteroatoms. The lowest BCUT2D eigenvalue weighted by Gasteiger charge is -2.32. The maximum Gasteiger partial charge on any atom is 0.327 e. The summed E-state index contributed by atoms with van der Waals surface area (Å²) in [7, 11) is 0. The average molecular weight is 442 g/mol. The van der Waals surface area contributed by atoms with Crippen LogP contribution in [0.15, 0.2) is 48.5 Å². The highest BCUT2D eigenvalue weighted by atomic mass is 19.1. The molecule has 2 aliphatic heterocycles. The van der Waals surface area contributed by atoms with Gasteiger partial charge in [-0.05, 0) is 43.7 Å². The number of fused-ring (bicyclic) bond motifs is 1. The maximum atomic E-state index is 14.8. The van der Waals surface area contributed by atoms with Crippen molar-refractivity contribution in [1.82, 2.24) is 5.32 Å². The van der Waals surface area contributed by atoms with Gasteiger partial charge in [0.1, 0.15) is 17.2 Å². The van der Waals surface area contributed by atoms with Crippen LogP contribution in [0, 0.1) is 23.5 Å². The number of hydrogen-bond donors (Lipinski definition) is 1. The predicted molar refractivity (Wildman–Crippen MR) is 112 cm³/mol. The molecule has 0 aromatic heterocycles. The summed E-state index contributed by atoms with van der Waals surface area (Å²) in [5, 5.41) is 3.15. The minimum absolute atomic E-state index is 0.0948. The predicted octanol–water partition coefficient (Wildman–Crippen LogP) is 3.52. The van der Waals surface area contributed by atoms with Crippen molar-refractivity contribution >= 4 is 23.5 Å². The summed E-state index contributed by atoms with van der Waals surface area (Å²) in [6.07, 6.45) is 0.755. The van der Waals surface area contributed by atoms with Crippen LogP contribution in [0.5, 0.6) is 0 Å². The monoisotopic (exact) mass is 442 g/mol. The number of ether oxygens (including phenoxy) is 1. The van der Waals surface area contributed by atoms with E-state index in [2.05, 4.69) is 5.32 Å². The first-order chi connectivity index (χ1) is 15.4. The molecule has 2 aromatic carbocycles. The molecule has 1 N–H and O–H groups in total. The van der Waals surface area contributed by atoms with Crippen molar-refractivity contribution in [2.45, 2.75) is 38.3 Å². The van der Waals surface area contributed by atoms with Gasteiger partial charge in [0.05, 0.1) is 24.1 Å². The molecule has 0 bridgehead atoms. The zero-order valence-electron chi connectivity index (χ0n) is 17.8. The lowest BCUT2D eigenvalue weighted by atomic mass is 9.77. The van der Waals surface area contributed by atoms with Gasteiger partial charge in [-0.3, -0.25) is 19.7 Å². The summed E-state index contributed by atoms with van der Waals surface area (Å²) in [6, 6.07) is 10.1. The summed E-state index contributed by atoms with van der Waals surface area (Å²) < 4.78 is 33.5. The van der Waals surface area contributed by atoms with Crippen LogP contribution in [-0.4, -0.2) is 29.9 Å². The minimum Gasteiger partial charge on any atom is -0.465 e. The Balaban J connectivity index is 1.87. The van der Waals surface area contributed by atoms with Crippen LogP contribution < -0.4 is 10.2 Å². The van der Waals surface area contributed by atoms with Crippen molar-refractivity contribution in [3.63, 3.8) is 0 Å². The summed E-state index contributed by atoms with van der Waals surface area (Å²) in [4.78, 5) is 41.3. The molecular weight excluding hydrogens is 418 g/mol. The number of benzene rings is 2. The topological polar surface area (TPSA) is 75.7 Å². The molecule has 2 heterocycles. The fraction of sp³-hybridized carbons (Fsp3) is 0.375. The third-order valence-corrected chi connectivity index (χ3v) is 6.26. The number of amides is 2. The first-order valence-electron chi connectivity index (χ1n) is 10.7. The molecule has 32 heavy (non-hydrogen) atoms. The molecule has 2 saturated heterocycles. The van der Waals surface area contributed by atoms with Gasteiger partial charge in [-0.2, -0.15) is 0 Å². The van der Waals surface area contributed by atoms with E-state index in [9.17, 15) is 23.2 Å². The number of anilines is 1. The Kier molecular flexibility index (Phi) is 5.81. The molecule has 0 unspecified atom stereocenters. The molecule has 0 radical (unpaired) electrons. The Morgan fingerprint density at radius 2 is 1.75 bits per heavy atom. The summed E-state index contributed by atoms with van der Waals surface area (Å²) in [5.41, 5.74) is -1.08. The van der Waals surface area contributed by atoms with Gasteiger partial charge in [0.2, 0.25) is 11.8 Å². The van der Waals surface area contributed by atoms with E-state index in [1.807, 2.05) is 6.92 Å². The van der Waals surface area contributed by atoms with Gasteiger partial charge in [0.25, 0.3) is 0 Å². The van der Waals surface area contributed by atoms with Crippen molar-refractivity contribution in [2.24, 2.45) is 11.8 Å². The molecule has 0 spiro atoms. The van der Waals surface area contributed by atoms with Crippen LogP contribution in [-0.2, 0) is 19.1 Å². The number of halogens is 2. The Bertz CT molecular complexity index is 1060. The van der Waals surface area contributed by atoms with Gasteiger partial charge in [-0.1, -0.05) is 31.5 Å². The van der Waals surface area contributed by atoms with E-state index < -0.39 is 52.8 Å². The second kappa shape index (κ2) is 8.43. The van der Waals surface area contributed by atoms with E-state index in [-0.39, 0.29) is 24.3 Å². The van der Waals surface area contributed by atoms with Crippen molar-refractivity contribution in [1.29, 1.82) is 0 Å². The Morgan fingerprint density at radius 1 is 1.06 bits per heavy atom. The molecule has 2 aromatic rings. The SMILES string of the molecule is CCC[C@]1(C(=O)OCC)N[C@H](c2ccccc2F)[C@H]2C(=O)N(c3ccc(F)cc3)C(=O)[C@@H]21. The largest absolute Gasteiger partial charge is 0.465 e. The maximum absolute atomic E-state index is 14.8. The van der Waals surface area contributed by atoms with Crippen LogP contribution in [0.4, 0.5) is 14.5 Å². The highest BCUT2D eigenvalue weighted by Crippen LogP contribution is 2.52. The van der Waals surface area contributed by atoms with Crippen molar-refractivity contribution < 1.29 is 27.9 Å². The number of hydrogen-bond acceptors (Lipinski definition) is 5. The highest BCUT2D eigenvalue weighted by Gasteiger charge is 2.68. The van der Waals surface area contributed by atoms with Crippen molar-refractivity contribution in [3.05, 3.63) is 65.7 Å². The zero-order valence-corrected chi connectivity index (χ0v) is 17.8. The molecule has 2 aliphatic rings. The zero-order chi connectivity index (χ0) is 23.0. The number of nitrogens with one attached hydrogen (secondary N) is 1. The molecule has 2 amide bonds. The van der Waals surface area contributed by atoms with Gasteiger partial charge >= 0.3 is 5.97 Å². The minimum atomic E-state index is -1.48. The second-order valence-electron chi connectivity index (χ2n) is 8.08. The number of imide groups is 1. The van der Waals surface area contributed by atoms with E-state index in [0.29, 0.717) is 6.42 Å². The third-order valence-electron chi connectivity index (χ3n) is 6.26. The van der Waals surface area contributed by atoms with Crippen LogP contribution in [0.2, 0.25) is 0 Å². The standard InChI is InChI=1S/C24H24F2N2O4/c1-3-13-24(23(31)32-4-2)19-18(20(27-24)16-7-5-6-8-17(16)26)21(29)28(22(19)30)15-11-9-14(25)10-12-15/h5-12,18-20,27H,3-4,13H2,1-2H3/t18-,19+,20+,24-/m0/s1. The summed E-state index contributed by atoms with van der Waals surface area (Å²) in [6.45, 7) is 3.61. The first-order valence-corrected chi connectivity index (χ1v) is 10.7. The van der Waals surface area contributed by atoms with Gasteiger partial charge < -0.3 is 4.74 Å². The van der Waals surface area contributed by atoms with Crippen LogP contribution in [0.3, 0.4) is 0 Å². The van der Waals surface area contributed by atoms with Gasteiger partial charge in [0, 0.05) is 11.6 Å². The molecule has 4 rings (SSSR count). The van der Waals surface area contributed by atoms with Crippen LogP contribution >= 0.6 is 0 Å². The molecule has 4 atom stereocenters. The normalized spacial score (nSPS) is 27.0. The molecule has 6 nitrogen and oxygen atoms in total. The summed E-state index contributed by atoms with van der Waals surface area (Å²) >= 11 is 0. The van der Waals surface area contributed by atoms with Crippen LogP contribution in [0.25, 0.3) is 0 Å². The smallest absolute Gasteiger partial charge is 0.327 e. The Labute approximate surface area is 184 Å². The van der Waals surface area contributed by atoms with Crippen molar-refractivity contribution in [2.75, 3.05) is 11.5 Å². The number of esters is 1. The second-order valence-corrected chi connectivity index (χ2v) is 8.08. The Morgan fingerprint density at radius 3 is 2.38 bits per heavy atom. The van der Waals surface area contributed by atoms with Gasteiger partial charge in [-0.15, -0.1) is 0 Å². The van der Waals surface area contributed by atoms with Crippen molar-refractivity contribution in [3.8, 4) is 0 Å². The quantitative estimate of drug-likeness (QED) is 0.547. The number of rotatable bonds is 6. The van der Waals surface area contributed by atoms with Gasteiger partial charge in [0.15, 0.2) is 0 Å². The average Bonchev–Trinajstić information content (AvgIpc) is 3.24. The lowest BCUT2D eigenvalue weighted by Crippen LogP contribution is -2.56. The third kappa shape index (κ3) is 3.30. The van der Waals surface area contributed by atoms with E-state index in [0.717, 1.165) is 17.0 Å². The number of carbonyl (C=O) groups is 3. The van der Waals surface area contributed by atoms with Gasteiger partial charge in [-0.25, -0.2) is 13.7 Å². The molecule has 0 saturated carbocycles. The molecule has 2 fully saturated rings. The lowest BCUT2D eigenvalue weighted by molar-refractivity contribution is -0.155. The fourth-order valence-electron chi connectivity index (χ4n) is 5.02. The van der Waals surface area contributed by atoms with E-state index in [1.165, 1.54) is 30.3 Å². The summed E-state index contributed by atoms with van der Waals surface area (Å²) in [5.74, 6) is -4.93. The fourth-order valence-corrected chi connectivity index (χ4v) is 5.02. The highest BCUT2D eigenvalue weighted by molar-refractivity contribution is 6.24. The van der Waals surface area contributed by atoms with E-state index in [1.54, 1.807) is 13.0 Å².